The van der Waals surface area contributed by atoms with E-state index < -0.39 is 0 Å². The molecule has 7 nitrogen and oxygen atoms in total. The number of nitrogens with one attached hydrogen (secondary N) is 1. The van der Waals surface area contributed by atoms with E-state index in [2.05, 4.69) is 52.4 Å². The van der Waals surface area contributed by atoms with Gasteiger partial charge in [0.25, 0.3) is 0 Å². The third-order valence-corrected chi connectivity index (χ3v) is 7.23. The third kappa shape index (κ3) is 4.94. The Morgan fingerprint density at radius 2 is 1.97 bits per heavy atom. The molecule has 2 unspecified atom stereocenters. The Hall–Kier alpha value is -2.12. The average Bonchev–Trinajstić information content (AvgIpc) is 3.45. The van der Waals surface area contributed by atoms with E-state index in [-0.39, 0.29) is 17.4 Å². The molecule has 4 rings (SSSR count). The molecule has 3 aliphatic rings. The molecule has 0 spiro atoms. The zero-order valence-electron chi connectivity index (χ0n) is 19.9. The second kappa shape index (κ2) is 10.2. The molecule has 0 aromatic heterocycles. The Morgan fingerprint density at radius 3 is 2.66 bits per heavy atom. The number of benzene rings is 1. The summed E-state index contributed by atoms with van der Waals surface area (Å²) >= 11 is 0. The Balaban J connectivity index is 1.47. The second-order valence-corrected chi connectivity index (χ2v) is 9.69. The van der Waals surface area contributed by atoms with Gasteiger partial charge in [-0.1, -0.05) is 43.2 Å². The summed E-state index contributed by atoms with van der Waals surface area (Å²) in [6.45, 7) is 7.91. The van der Waals surface area contributed by atoms with E-state index in [0.29, 0.717) is 12.6 Å². The van der Waals surface area contributed by atoms with E-state index in [1.807, 2.05) is 14.1 Å². The van der Waals surface area contributed by atoms with Crippen LogP contribution in [0.4, 0.5) is 0 Å². The topological polar surface area (TPSA) is 60.4 Å². The molecule has 2 heterocycles. The summed E-state index contributed by atoms with van der Waals surface area (Å²) in [5.74, 6) is 1.14. The standard InChI is InChI=1S/C25H39N5O2/c1-4-26-24(27-19-25(12-8-9-13-25)23(31)28(2)3)30-17-21-22(18-30)32-15-14-29(21)16-20-10-6-5-7-11-20/h5-7,10-11,21-22H,4,8-9,12-19H2,1-3H3,(H,26,27). The minimum atomic E-state index is -0.341. The van der Waals surface area contributed by atoms with Gasteiger partial charge in [0.15, 0.2) is 5.96 Å². The molecule has 1 N–H and O–H groups in total. The lowest BCUT2D eigenvalue weighted by molar-refractivity contribution is -0.138. The molecule has 1 saturated carbocycles. The normalized spacial score (nSPS) is 25.6. The summed E-state index contributed by atoms with van der Waals surface area (Å²) in [4.78, 5) is 24.6. The lowest BCUT2D eigenvalue weighted by atomic mass is 9.85. The number of nitrogens with zero attached hydrogens (tertiary/aromatic N) is 4. The lowest BCUT2D eigenvalue weighted by Crippen LogP contribution is -2.50. The first-order chi connectivity index (χ1) is 15.5. The van der Waals surface area contributed by atoms with E-state index in [1.54, 1.807) is 4.90 Å². The average molecular weight is 442 g/mol. The van der Waals surface area contributed by atoms with Crippen LogP contribution in [0.5, 0.6) is 0 Å². The summed E-state index contributed by atoms with van der Waals surface area (Å²) in [5.41, 5.74) is 1.00. The van der Waals surface area contributed by atoms with Crippen molar-refractivity contribution >= 4 is 11.9 Å². The SMILES string of the molecule is CCNC(=NCC1(C(=O)N(C)C)CCCC1)N1CC2OCCN(Cc3ccccc3)C2C1. The molecule has 1 amide bonds. The molecule has 2 aliphatic heterocycles. The zero-order valence-corrected chi connectivity index (χ0v) is 19.9. The Kier molecular flexibility index (Phi) is 7.36. The number of hydrogen-bond acceptors (Lipinski definition) is 4. The highest BCUT2D eigenvalue weighted by atomic mass is 16.5. The Morgan fingerprint density at radius 1 is 1.22 bits per heavy atom. The van der Waals surface area contributed by atoms with Crippen LogP contribution in [0.15, 0.2) is 35.3 Å². The van der Waals surface area contributed by atoms with Gasteiger partial charge in [-0.2, -0.15) is 0 Å². The van der Waals surface area contributed by atoms with Gasteiger partial charge in [0.05, 0.1) is 30.7 Å². The molecule has 176 valence electrons. The monoisotopic (exact) mass is 441 g/mol. The molecular weight excluding hydrogens is 402 g/mol. The van der Waals surface area contributed by atoms with Crippen molar-refractivity contribution in [2.24, 2.45) is 10.4 Å². The first kappa shape index (κ1) is 23.1. The van der Waals surface area contributed by atoms with Crippen molar-refractivity contribution in [3.8, 4) is 0 Å². The van der Waals surface area contributed by atoms with E-state index in [0.717, 1.165) is 71.0 Å². The summed E-state index contributed by atoms with van der Waals surface area (Å²) in [6, 6.07) is 11.0. The second-order valence-electron chi connectivity index (χ2n) is 9.69. The predicted octanol–water partition coefficient (Wildman–Crippen LogP) is 2.19. The highest BCUT2D eigenvalue weighted by molar-refractivity contribution is 5.84. The fraction of sp³-hybridized carbons (Fsp3) is 0.680. The minimum Gasteiger partial charge on any atom is -0.373 e. The van der Waals surface area contributed by atoms with E-state index >= 15 is 0 Å². The van der Waals surface area contributed by atoms with Gasteiger partial charge in [-0.3, -0.25) is 14.7 Å². The van der Waals surface area contributed by atoms with Gasteiger partial charge in [-0.15, -0.1) is 0 Å². The third-order valence-electron chi connectivity index (χ3n) is 7.23. The lowest BCUT2D eigenvalue weighted by Gasteiger charge is -2.36. The fourth-order valence-corrected chi connectivity index (χ4v) is 5.56. The minimum absolute atomic E-state index is 0.195. The van der Waals surface area contributed by atoms with Crippen LogP contribution in [-0.2, 0) is 16.1 Å². The molecule has 32 heavy (non-hydrogen) atoms. The molecule has 1 aromatic rings. The predicted molar refractivity (Wildman–Crippen MR) is 128 cm³/mol. The summed E-state index contributed by atoms with van der Waals surface area (Å²) < 4.78 is 6.17. The molecule has 7 heteroatoms. The number of amides is 1. The number of carbonyl (C=O) groups is 1. The first-order valence-electron chi connectivity index (χ1n) is 12.2. The Bertz CT molecular complexity index is 791. The number of guanidine groups is 1. The van der Waals surface area contributed by atoms with Crippen molar-refractivity contribution in [3.63, 3.8) is 0 Å². The summed E-state index contributed by atoms with van der Waals surface area (Å²) in [5, 5.41) is 3.49. The van der Waals surface area contributed by atoms with Crippen LogP contribution >= 0.6 is 0 Å². The van der Waals surface area contributed by atoms with Crippen molar-refractivity contribution in [1.29, 1.82) is 0 Å². The number of fused-ring (bicyclic) bond motifs is 1. The van der Waals surface area contributed by atoms with Gasteiger partial charge in [0, 0.05) is 46.8 Å². The van der Waals surface area contributed by atoms with Crippen LogP contribution in [0.25, 0.3) is 0 Å². The van der Waals surface area contributed by atoms with Crippen molar-refractivity contribution in [3.05, 3.63) is 35.9 Å². The zero-order chi connectivity index (χ0) is 22.6. The van der Waals surface area contributed by atoms with Gasteiger partial charge in [0.2, 0.25) is 5.91 Å². The van der Waals surface area contributed by atoms with E-state index in [4.69, 9.17) is 9.73 Å². The first-order valence-corrected chi connectivity index (χ1v) is 12.2. The van der Waals surface area contributed by atoms with Crippen LogP contribution < -0.4 is 5.32 Å². The summed E-state index contributed by atoms with van der Waals surface area (Å²) in [6.07, 6.45) is 4.29. The van der Waals surface area contributed by atoms with Crippen molar-refractivity contribution < 1.29 is 9.53 Å². The van der Waals surface area contributed by atoms with E-state index in [9.17, 15) is 4.79 Å². The summed E-state index contributed by atoms with van der Waals surface area (Å²) in [7, 11) is 3.72. The van der Waals surface area contributed by atoms with Crippen LogP contribution in [0, 0.1) is 5.41 Å². The van der Waals surface area contributed by atoms with Gasteiger partial charge < -0.3 is 19.9 Å². The Labute approximate surface area is 192 Å². The van der Waals surface area contributed by atoms with Gasteiger partial charge in [-0.05, 0) is 25.3 Å². The van der Waals surface area contributed by atoms with Gasteiger partial charge >= 0.3 is 0 Å². The molecule has 2 atom stereocenters. The maximum Gasteiger partial charge on any atom is 0.230 e. The van der Waals surface area contributed by atoms with Crippen molar-refractivity contribution in [1.82, 2.24) is 20.0 Å². The maximum absolute atomic E-state index is 13.0. The van der Waals surface area contributed by atoms with Gasteiger partial charge in [0.1, 0.15) is 0 Å². The fourth-order valence-electron chi connectivity index (χ4n) is 5.56. The van der Waals surface area contributed by atoms with Crippen molar-refractivity contribution in [2.75, 3.05) is 53.4 Å². The number of aliphatic imine (C=N–C) groups is 1. The molecule has 3 fully saturated rings. The highest BCUT2D eigenvalue weighted by Crippen LogP contribution is 2.40. The van der Waals surface area contributed by atoms with Crippen molar-refractivity contribution in [2.45, 2.75) is 51.3 Å². The molecular formula is C25H39N5O2. The number of hydrogen-bond donors (Lipinski definition) is 1. The molecule has 0 bridgehead atoms. The molecule has 1 aromatic carbocycles. The van der Waals surface area contributed by atoms with Crippen LogP contribution in [0.1, 0.15) is 38.2 Å². The van der Waals surface area contributed by atoms with Crippen LogP contribution in [0.2, 0.25) is 0 Å². The van der Waals surface area contributed by atoms with Crippen LogP contribution in [0.3, 0.4) is 0 Å². The molecule has 0 radical (unpaired) electrons. The number of carbonyl (C=O) groups excluding carboxylic acids is 1. The van der Waals surface area contributed by atoms with Crippen LogP contribution in [-0.4, -0.2) is 92.1 Å². The highest BCUT2D eigenvalue weighted by Gasteiger charge is 2.44. The maximum atomic E-state index is 13.0. The quantitative estimate of drug-likeness (QED) is 0.542. The van der Waals surface area contributed by atoms with E-state index in [1.165, 1.54) is 5.56 Å². The number of likely N-dealkylation sites (tertiary alicyclic amines) is 1. The number of ether oxygens (including phenoxy) is 1. The molecule has 2 saturated heterocycles. The smallest absolute Gasteiger partial charge is 0.230 e. The number of morpholine rings is 1. The number of rotatable bonds is 6. The largest absolute Gasteiger partial charge is 0.373 e. The van der Waals surface area contributed by atoms with Gasteiger partial charge in [-0.25, -0.2) is 0 Å². The molecule has 1 aliphatic carbocycles.